The summed E-state index contributed by atoms with van der Waals surface area (Å²) in [5.74, 6) is 0. The van der Waals surface area contributed by atoms with Crippen LogP contribution >= 0.6 is 0 Å². The fraction of sp³-hybridized carbons (Fsp3) is 0.562. The first kappa shape index (κ1) is 18.2. The fourth-order valence-electron chi connectivity index (χ4n) is 2.45. The minimum atomic E-state index is -0.469. The van der Waals surface area contributed by atoms with Gasteiger partial charge >= 0.3 is 6.03 Å². The highest BCUT2D eigenvalue weighted by Gasteiger charge is 2.15. The molecule has 0 spiro atoms. The average Bonchev–Trinajstić information content (AvgIpc) is 2.57. The monoisotopic (exact) mass is 337 g/mol. The van der Waals surface area contributed by atoms with Crippen LogP contribution in [0.5, 0.6) is 0 Å². The third kappa shape index (κ3) is 5.47. The van der Waals surface area contributed by atoms with E-state index in [0.717, 1.165) is 25.9 Å². The maximum Gasteiger partial charge on any atom is 0.319 e. The molecule has 2 amide bonds. The first-order valence-electron chi connectivity index (χ1n) is 8.10. The van der Waals surface area contributed by atoms with Crippen LogP contribution in [-0.2, 0) is 9.47 Å². The quantitative estimate of drug-likeness (QED) is 0.452. The van der Waals surface area contributed by atoms with Crippen molar-refractivity contribution in [1.29, 1.82) is 0 Å². The predicted molar refractivity (Wildman–Crippen MR) is 89.0 cm³/mol. The summed E-state index contributed by atoms with van der Waals surface area (Å²) in [6.45, 7) is 3.31. The largest absolute Gasteiger partial charge is 0.353 e. The Balaban J connectivity index is 1.68. The molecule has 8 nitrogen and oxygen atoms in total. The Labute approximate surface area is 140 Å². The number of carbonyl (C=O) groups excluding carboxylic acids is 1. The van der Waals surface area contributed by atoms with Gasteiger partial charge in [-0.15, -0.1) is 0 Å². The van der Waals surface area contributed by atoms with E-state index in [-0.39, 0.29) is 12.0 Å². The Morgan fingerprint density at radius 1 is 1.46 bits per heavy atom. The summed E-state index contributed by atoms with van der Waals surface area (Å²) in [5.41, 5.74) is 0.831. The highest BCUT2D eigenvalue weighted by Crippen LogP contribution is 2.24. The van der Waals surface area contributed by atoms with Gasteiger partial charge in [0.25, 0.3) is 5.69 Å². The Morgan fingerprint density at radius 2 is 2.29 bits per heavy atom. The normalized spacial score (nSPS) is 17.3. The van der Waals surface area contributed by atoms with Gasteiger partial charge in [0.05, 0.1) is 22.8 Å². The molecule has 0 aliphatic carbocycles. The molecule has 1 aliphatic heterocycles. The Hall–Kier alpha value is -2.19. The van der Waals surface area contributed by atoms with Crippen molar-refractivity contribution in [3.8, 4) is 0 Å². The number of carbonyl (C=O) groups is 1. The molecule has 0 aromatic heterocycles. The molecule has 2 rings (SSSR count). The third-order valence-corrected chi connectivity index (χ3v) is 3.80. The van der Waals surface area contributed by atoms with E-state index in [1.165, 1.54) is 6.07 Å². The van der Waals surface area contributed by atoms with Gasteiger partial charge in [-0.05, 0) is 38.7 Å². The van der Waals surface area contributed by atoms with Crippen LogP contribution in [0.4, 0.5) is 16.2 Å². The van der Waals surface area contributed by atoms with Crippen LogP contribution < -0.4 is 10.6 Å². The lowest BCUT2D eigenvalue weighted by molar-refractivity contribution is -0.385. The number of nitrogens with zero attached hydrogens (tertiary/aromatic N) is 1. The molecule has 0 saturated carbocycles. The van der Waals surface area contributed by atoms with Gasteiger partial charge < -0.3 is 20.1 Å². The summed E-state index contributed by atoms with van der Waals surface area (Å²) in [5, 5.41) is 16.2. The smallest absolute Gasteiger partial charge is 0.319 e. The molecule has 1 heterocycles. The van der Waals surface area contributed by atoms with Crippen molar-refractivity contribution < 1.29 is 19.2 Å². The van der Waals surface area contributed by atoms with Gasteiger partial charge in [-0.25, -0.2) is 4.79 Å². The van der Waals surface area contributed by atoms with Gasteiger partial charge in [0.2, 0.25) is 0 Å². The standard InChI is InChI=1S/C16H23N3O5/c1-12-13(6-4-7-14(12)19(21)22)18-16(20)17-9-5-11-24-15-8-2-3-10-23-15/h4,6-7,15H,2-3,5,8-11H2,1H3,(H2,17,18,20)/t15-/m1/s1. The van der Waals surface area contributed by atoms with Crippen LogP contribution in [-0.4, -0.2) is 37.0 Å². The summed E-state index contributed by atoms with van der Waals surface area (Å²) in [6.07, 6.45) is 3.66. The van der Waals surface area contributed by atoms with Gasteiger partial charge in [0.15, 0.2) is 6.29 Å². The second kappa shape index (κ2) is 9.19. The minimum absolute atomic E-state index is 0.0197. The van der Waals surface area contributed by atoms with E-state index in [2.05, 4.69) is 10.6 Å². The van der Waals surface area contributed by atoms with Crippen LogP contribution in [0.15, 0.2) is 18.2 Å². The van der Waals surface area contributed by atoms with Crippen LogP contribution in [0.2, 0.25) is 0 Å². The molecule has 8 heteroatoms. The SMILES string of the molecule is Cc1c(NC(=O)NCCCO[C@@H]2CCCCO2)cccc1[N+](=O)[O-]. The number of urea groups is 1. The number of nitro groups is 1. The second-order valence-electron chi connectivity index (χ2n) is 5.61. The van der Waals surface area contributed by atoms with E-state index in [0.29, 0.717) is 30.8 Å². The molecule has 2 N–H and O–H groups in total. The first-order chi connectivity index (χ1) is 11.6. The van der Waals surface area contributed by atoms with Crippen LogP contribution in [0.3, 0.4) is 0 Å². The molecule has 24 heavy (non-hydrogen) atoms. The molecule has 0 unspecified atom stereocenters. The highest BCUT2D eigenvalue weighted by molar-refractivity contribution is 5.90. The maximum atomic E-state index is 11.9. The molecular weight excluding hydrogens is 314 g/mol. The molecule has 1 saturated heterocycles. The number of hydrogen-bond donors (Lipinski definition) is 2. The molecule has 1 aliphatic rings. The average molecular weight is 337 g/mol. The van der Waals surface area contributed by atoms with Crippen molar-refractivity contribution in [3.63, 3.8) is 0 Å². The summed E-state index contributed by atoms with van der Waals surface area (Å²) in [6, 6.07) is 4.18. The van der Waals surface area contributed by atoms with Crippen molar-refractivity contribution in [2.75, 3.05) is 25.1 Å². The molecule has 1 aromatic rings. The van der Waals surface area contributed by atoms with Crippen molar-refractivity contribution in [2.45, 2.75) is 38.9 Å². The Morgan fingerprint density at radius 3 is 3.00 bits per heavy atom. The number of anilines is 1. The van der Waals surface area contributed by atoms with E-state index >= 15 is 0 Å². The molecule has 132 valence electrons. The molecule has 0 bridgehead atoms. The van der Waals surface area contributed by atoms with E-state index in [9.17, 15) is 14.9 Å². The van der Waals surface area contributed by atoms with Gasteiger partial charge in [-0.2, -0.15) is 0 Å². The molecule has 1 aromatic carbocycles. The molecular formula is C16H23N3O5. The van der Waals surface area contributed by atoms with Crippen LogP contribution in [0.1, 0.15) is 31.2 Å². The lowest BCUT2D eigenvalue weighted by Gasteiger charge is -2.22. The van der Waals surface area contributed by atoms with Crippen molar-refractivity contribution in [3.05, 3.63) is 33.9 Å². The van der Waals surface area contributed by atoms with Gasteiger partial charge in [0, 0.05) is 19.2 Å². The van der Waals surface area contributed by atoms with Gasteiger partial charge in [-0.3, -0.25) is 10.1 Å². The van der Waals surface area contributed by atoms with Crippen LogP contribution in [0.25, 0.3) is 0 Å². The number of nitro benzene ring substituents is 1. The minimum Gasteiger partial charge on any atom is -0.353 e. The fourth-order valence-corrected chi connectivity index (χ4v) is 2.45. The third-order valence-electron chi connectivity index (χ3n) is 3.80. The van der Waals surface area contributed by atoms with Crippen molar-refractivity contribution in [2.24, 2.45) is 0 Å². The van der Waals surface area contributed by atoms with Crippen molar-refractivity contribution >= 4 is 17.4 Å². The van der Waals surface area contributed by atoms with E-state index in [1.54, 1.807) is 19.1 Å². The number of benzene rings is 1. The van der Waals surface area contributed by atoms with E-state index in [1.807, 2.05) is 0 Å². The highest BCUT2D eigenvalue weighted by atomic mass is 16.7. The lowest BCUT2D eigenvalue weighted by atomic mass is 10.1. The summed E-state index contributed by atoms with van der Waals surface area (Å²) >= 11 is 0. The zero-order valence-corrected chi connectivity index (χ0v) is 13.7. The number of amides is 2. The second-order valence-corrected chi connectivity index (χ2v) is 5.61. The summed E-state index contributed by atoms with van der Waals surface area (Å²) in [4.78, 5) is 22.3. The summed E-state index contributed by atoms with van der Waals surface area (Å²) < 4.78 is 11.0. The Kier molecular flexibility index (Phi) is 6.95. The van der Waals surface area contributed by atoms with Gasteiger partial charge in [-0.1, -0.05) is 6.07 Å². The lowest BCUT2D eigenvalue weighted by Crippen LogP contribution is -2.31. The van der Waals surface area contributed by atoms with Crippen molar-refractivity contribution in [1.82, 2.24) is 5.32 Å². The molecule has 1 fully saturated rings. The Bertz CT molecular complexity index is 573. The van der Waals surface area contributed by atoms with E-state index in [4.69, 9.17) is 9.47 Å². The van der Waals surface area contributed by atoms with Gasteiger partial charge in [0.1, 0.15) is 0 Å². The number of ether oxygens (including phenoxy) is 2. The van der Waals surface area contributed by atoms with Crippen LogP contribution in [0, 0.1) is 17.0 Å². The van der Waals surface area contributed by atoms with E-state index < -0.39 is 11.0 Å². The molecule has 1 atom stereocenters. The summed E-state index contributed by atoms with van der Waals surface area (Å²) in [7, 11) is 0. The number of nitrogens with one attached hydrogen (secondary N) is 2. The number of hydrogen-bond acceptors (Lipinski definition) is 5. The topological polar surface area (TPSA) is 103 Å². The zero-order chi connectivity index (χ0) is 17.4. The first-order valence-corrected chi connectivity index (χ1v) is 8.10. The molecule has 0 radical (unpaired) electrons. The number of rotatable bonds is 7. The zero-order valence-electron chi connectivity index (χ0n) is 13.7. The predicted octanol–water partition coefficient (Wildman–Crippen LogP) is 2.96. The maximum absolute atomic E-state index is 11.9.